The van der Waals surface area contributed by atoms with Gasteiger partial charge in [-0.25, -0.2) is 4.68 Å². The van der Waals surface area contributed by atoms with Crippen molar-refractivity contribution in [1.82, 2.24) is 15.1 Å². The molecule has 5 nitrogen and oxygen atoms in total. The maximum Gasteiger partial charge on any atom is 0.251 e. The molecule has 1 aromatic heterocycles. The van der Waals surface area contributed by atoms with E-state index < -0.39 is 0 Å². The van der Waals surface area contributed by atoms with Gasteiger partial charge >= 0.3 is 0 Å². The number of nitrogens with zero attached hydrogens (tertiary/aromatic N) is 2. The number of rotatable bonds is 4. The van der Waals surface area contributed by atoms with Gasteiger partial charge in [-0.15, -0.1) is 0 Å². The molecule has 5 heteroatoms. The summed E-state index contributed by atoms with van der Waals surface area (Å²) in [5.41, 5.74) is 3.63. The molecule has 1 amide bonds. The van der Waals surface area contributed by atoms with Crippen molar-refractivity contribution < 1.29 is 9.90 Å². The van der Waals surface area contributed by atoms with Gasteiger partial charge < -0.3 is 10.4 Å². The maximum atomic E-state index is 12.5. The van der Waals surface area contributed by atoms with Gasteiger partial charge in [0.1, 0.15) is 0 Å². The summed E-state index contributed by atoms with van der Waals surface area (Å²) in [6.07, 6.45) is 4.17. The molecule has 1 heterocycles. The highest BCUT2D eigenvalue weighted by molar-refractivity contribution is 5.94. The van der Waals surface area contributed by atoms with Crippen LogP contribution in [0.1, 0.15) is 47.4 Å². The van der Waals surface area contributed by atoms with E-state index in [1.165, 1.54) is 0 Å². The number of benzene rings is 1. The molecular formula is C19H25N3O2. The summed E-state index contributed by atoms with van der Waals surface area (Å²) in [6.45, 7) is 4.12. The highest BCUT2D eigenvalue weighted by Gasteiger charge is 2.26. The molecule has 1 aliphatic carbocycles. The lowest BCUT2D eigenvalue weighted by Gasteiger charge is -2.30. The van der Waals surface area contributed by atoms with E-state index >= 15 is 0 Å². The molecule has 3 rings (SSSR count). The number of hydrogen-bond donors (Lipinski definition) is 2. The second-order valence-electron chi connectivity index (χ2n) is 6.69. The summed E-state index contributed by atoms with van der Waals surface area (Å²) in [5, 5.41) is 17.0. The van der Waals surface area contributed by atoms with Gasteiger partial charge in [0.15, 0.2) is 0 Å². The molecule has 1 aromatic carbocycles. The minimum absolute atomic E-state index is 0.0692. The van der Waals surface area contributed by atoms with E-state index in [2.05, 4.69) is 10.4 Å². The van der Waals surface area contributed by atoms with Gasteiger partial charge in [0.25, 0.3) is 5.91 Å². The quantitative estimate of drug-likeness (QED) is 0.907. The molecule has 1 aliphatic rings. The lowest BCUT2D eigenvalue weighted by molar-refractivity contribution is 0.0872. The first-order chi connectivity index (χ1) is 11.6. The number of aryl methyl sites for hydroxylation is 2. The van der Waals surface area contributed by atoms with Crippen LogP contribution in [0.4, 0.5) is 0 Å². The predicted octanol–water partition coefficient (Wildman–Crippen LogP) is 2.77. The largest absolute Gasteiger partial charge is 0.396 e. The smallest absolute Gasteiger partial charge is 0.251 e. The summed E-state index contributed by atoms with van der Waals surface area (Å²) in [7, 11) is 0. The maximum absolute atomic E-state index is 12.5. The van der Waals surface area contributed by atoms with Gasteiger partial charge in [0.05, 0.1) is 11.4 Å². The normalized spacial score (nSPS) is 20.8. The molecule has 0 spiro atoms. The number of aliphatic hydroxyl groups excluding tert-OH is 1. The number of carbonyl (C=O) groups is 1. The average Bonchev–Trinajstić information content (AvgIpc) is 2.94. The van der Waals surface area contributed by atoms with Crippen LogP contribution in [0.25, 0.3) is 5.69 Å². The summed E-state index contributed by atoms with van der Waals surface area (Å²) >= 11 is 0. The first-order valence-corrected chi connectivity index (χ1v) is 8.64. The highest BCUT2D eigenvalue weighted by atomic mass is 16.3. The molecule has 0 aliphatic heterocycles. The zero-order valence-corrected chi connectivity index (χ0v) is 14.3. The van der Waals surface area contributed by atoms with Crippen molar-refractivity contribution in [3.05, 3.63) is 47.3 Å². The van der Waals surface area contributed by atoms with Crippen molar-refractivity contribution >= 4 is 5.91 Å². The molecule has 2 unspecified atom stereocenters. The Morgan fingerprint density at radius 3 is 2.58 bits per heavy atom. The lowest BCUT2D eigenvalue weighted by atomic mass is 9.85. The zero-order chi connectivity index (χ0) is 17.1. The van der Waals surface area contributed by atoms with E-state index in [-0.39, 0.29) is 24.5 Å². The third kappa shape index (κ3) is 3.51. The second kappa shape index (κ2) is 7.18. The van der Waals surface area contributed by atoms with E-state index in [0.717, 1.165) is 42.8 Å². The summed E-state index contributed by atoms with van der Waals surface area (Å²) < 4.78 is 1.87. The highest BCUT2D eigenvalue weighted by Crippen LogP contribution is 2.24. The van der Waals surface area contributed by atoms with E-state index in [0.29, 0.717) is 5.56 Å². The number of hydrogen-bond acceptors (Lipinski definition) is 3. The van der Waals surface area contributed by atoms with Crippen molar-refractivity contribution in [2.45, 2.75) is 45.6 Å². The van der Waals surface area contributed by atoms with Gasteiger partial charge in [-0.05, 0) is 57.0 Å². The van der Waals surface area contributed by atoms with Crippen molar-refractivity contribution in [2.75, 3.05) is 6.61 Å². The Morgan fingerprint density at radius 2 is 1.96 bits per heavy atom. The Bertz CT molecular complexity index is 706. The molecule has 24 heavy (non-hydrogen) atoms. The molecule has 2 aromatic rings. The Morgan fingerprint density at radius 1 is 1.25 bits per heavy atom. The fraction of sp³-hybridized carbons (Fsp3) is 0.474. The van der Waals surface area contributed by atoms with Crippen LogP contribution in [0.15, 0.2) is 30.3 Å². The monoisotopic (exact) mass is 327 g/mol. The van der Waals surface area contributed by atoms with E-state index in [1.807, 2.05) is 48.9 Å². The minimum atomic E-state index is -0.0692. The van der Waals surface area contributed by atoms with Crippen molar-refractivity contribution in [3.8, 4) is 5.69 Å². The Balaban J connectivity index is 1.71. The van der Waals surface area contributed by atoms with Crippen LogP contribution in [-0.2, 0) is 0 Å². The lowest BCUT2D eigenvalue weighted by Crippen LogP contribution is -2.43. The van der Waals surface area contributed by atoms with Crippen LogP contribution in [0, 0.1) is 19.8 Å². The SMILES string of the molecule is Cc1cc(C)n(-c2ccc(C(=O)NC3CCCCC3CO)cc2)n1. The summed E-state index contributed by atoms with van der Waals surface area (Å²) in [6, 6.07) is 9.60. The molecule has 2 atom stereocenters. The molecule has 1 saturated carbocycles. The molecule has 0 radical (unpaired) electrons. The standard InChI is InChI=1S/C19H25N3O2/c1-13-11-14(2)22(21-13)17-9-7-15(8-10-17)19(24)20-18-6-4-3-5-16(18)12-23/h7-11,16,18,23H,3-6,12H2,1-2H3,(H,20,24). The first-order valence-electron chi connectivity index (χ1n) is 8.64. The number of aromatic nitrogens is 2. The predicted molar refractivity (Wildman–Crippen MR) is 93.3 cm³/mol. The number of amides is 1. The van der Waals surface area contributed by atoms with Crippen LogP contribution in [0.3, 0.4) is 0 Å². The number of nitrogens with one attached hydrogen (secondary N) is 1. The molecule has 2 N–H and O–H groups in total. The second-order valence-corrected chi connectivity index (χ2v) is 6.69. The number of carbonyl (C=O) groups excluding carboxylic acids is 1. The fourth-order valence-corrected chi connectivity index (χ4v) is 3.51. The fourth-order valence-electron chi connectivity index (χ4n) is 3.51. The van der Waals surface area contributed by atoms with Crippen LogP contribution >= 0.6 is 0 Å². The zero-order valence-electron chi connectivity index (χ0n) is 14.3. The van der Waals surface area contributed by atoms with E-state index in [9.17, 15) is 9.90 Å². The van der Waals surface area contributed by atoms with Crippen LogP contribution < -0.4 is 5.32 Å². The topological polar surface area (TPSA) is 67.2 Å². The number of aliphatic hydroxyl groups is 1. The van der Waals surface area contributed by atoms with E-state index in [4.69, 9.17) is 0 Å². The van der Waals surface area contributed by atoms with Crippen molar-refractivity contribution in [2.24, 2.45) is 5.92 Å². The van der Waals surface area contributed by atoms with Crippen molar-refractivity contribution in [1.29, 1.82) is 0 Å². The van der Waals surface area contributed by atoms with Gasteiger partial charge in [-0.2, -0.15) is 5.10 Å². The van der Waals surface area contributed by atoms with Crippen LogP contribution in [0.5, 0.6) is 0 Å². The Kier molecular flexibility index (Phi) is 5.00. The van der Waals surface area contributed by atoms with Crippen LogP contribution in [-0.4, -0.2) is 33.4 Å². The molecule has 0 saturated heterocycles. The van der Waals surface area contributed by atoms with Crippen LogP contribution in [0.2, 0.25) is 0 Å². The third-order valence-electron chi connectivity index (χ3n) is 4.84. The molecule has 128 valence electrons. The Labute approximate surface area is 142 Å². The molecular weight excluding hydrogens is 302 g/mol. The first kappa shape index (κ1) is 16.7. The van der Waals surface area contributed by atoms with Gasteiger partial charge in [0.2, 0.25) is 0 Å². The van der Waals surface area contributed by atoms with Crippen molar-refractivity contribution in [3.63, 3.8) is 0 Å². The average molecular weight is 327 g/mol. The van der Waals surface area contributed by atoms with E-state index in [1.54, 1.807) is 0 Å². The van der Waals surface area contributed by atoms with Gasteiger partial charge in [-0.3, -0.25) is 4.79 Å². The third-order valence-corrected chi connectivity index (χ3v) is 4.84. The van der Waals surface area contributed by atoms with Gasteiger partial charge in [-0.1, -0.05) is 12.8 Å². The van der Waals surface area contributed by atoms with Gasteiger partial charge in [0, 0.05) is 29.8 Å². The summed E-state index contributed by atoms with van der Waals surface area (Å²) in [5.74, 6) is 0.108. The Hall–Kier alpha value is -2.14. The summed E-state index contributed by atoms with van der Waals surface area (Å²) in [4.78, 5) is 12.5. The molecule has 0 bridgehead atoms. The minimum Gasteiger partial charge on any atom is -0.396 e. The molecule has 1 fully saturated rings.